The Morgan fingerprint density at radius 3 is 2.18 bits per heavy atom. The second kappa shape index (κ2) is 1.80. The van der Waals surface area contributed by atoms with Gasteiger partial charge in [-0.15, -0.1) is 0 Å². The zero-order valence-electron chi connectivity index (χ0n) is 6.77. The Morgan fingerprint density at radius 2 is 1.55 bits per heavy atom. The average molecular weight is 154 g/mol. The van der Waals surface area contributed by atoms with Gasteiger partial charge in [0, 0.05) is 6.61 Å². The monoisotopic (exact) mass is 154 g/mol. The number of hydrogen-bond donors (Lipinski definition) is 0. The normalized spacial score (nSPS) is 54.5. The van der Waals surface area contributed by atoms with Crippen molar-refractivity contribution in [1.82, 2.24) is 0 Å². The third-order valence-electron chi connectivity index (χ3n) is 3.59. The fourth-order valence-corrected chi connectivity index (χ4v) is 2.86. The maximum absolute atomic E-state index is 5.85. The van der Waals surface area contributed by atoms with Crippen LogP contribution in [0, 0.1) is 0 Å². The molecular weight excluding hydrogens is 140 g/mol. The minimum absolute atomic E-state index is 0.174. The van der Waals surface area contributed by atoms with E-state index in [0.717, 1.165) is 13.2 Å². The van der Waals surface area contributed by atoms with Crippen molar-refractivity contribution in [1.29, 1.82) is 0 Å². The molecule has 2 nitrogen and oxygen atoms in total. The van der Waals surface area contributed by atoms with Crippen LogP contribution in [-0.2, 0) is 9.47 Å². The molecule has 2 atom stereocenters. The molecule has 0 aromatic heterocycles. The van der Waals surface area contributed by atoms with Crippen molar-refractivity contribution in [2.45, 2.75) is 43.3 Å². The summed E-state index contributed by atoms with van der Waals surface area (Å²) in [6.07, 6.45) is 6.28. The summed E-state index contributed by atoms with van der Waals surface area (Å²) in [5.41, 5.74) is 0.372. The molecule has 2 aliphatic heterocycles. The maximum atomic E-state index is 5.85. The number of hydrogen-bond acceptors (Lipinski definition) is 2. The molecule has 0 aromatic rings. The van der Waals surface area contributed by atoms with Crippen molar-refractivity contribution in [3.63, 3.8) is 0 Å². The van der Waals surface area contributed by atoms with E-state index in [1.54, 1.807) is 0 Å². The lowest BCUT2D eigenvalue weighted by molar-refractivity contribution is -0.0408. The summed E-state index contributed by atoms with van der Waals surface area (Å²) in [6.45, 7) is 1.93. The highest BCUT2D eigenvalue weighted by molar-refractivity contribution is 5.15. The third kappa shape index (κ3) is 0.651. The van der Waals surface area contributed by atoms with Gasteiger partial charge in [0.15, 0.2) is 0 Å². The van der Waals surface area contributed by atoms with Gasteiger partial charge >= 0.3 is 0 Å². The molecule has 2 unspecified atom stereocenters. The lowest BCUT2D eigenvalue weighted by atomic mass is 9.88. The Balaban J connectivity index is 1.94. The predicted molar refractivity (Wildman–Crippen MR) is 40.5 cm³/mol. The van der Waals surface area contributed by atoms with Gasteiger partial charge in [-0.1, -0.05) is 0 Å². The number of rotatable bonds is 0. The van der Waals surface area contributed by atoms with Crippen molar-refractivity contribution >= 4 is 0 Å². The molecule has 2 saturated heterocycles. The van der Waals surface area contributed by atoms with Crippen molar-refractivity contribution in [3.8, 4) is 0 Å². The van der Waals surface area contributed by atoms with E-state index in [9.17, 15) is 0 Å². The summed E-state index contributed by atoms with van der Waals surface area (Å²) < 4.78 is 11.4. The van der Waals surface area contributed by atoms with E-state index in [-0.39, 0.29) is 11.2 Å². The largest absolute Gasteiger partial charge is 0.372 e. The molecule has 0 N–H and O–H groups in total. The number of ether oxygens (including phenoxy) is 2. The minimum Gasteiger partial charge on any atom is -0.372 e. The molecule has 0 aromatic carbocycles. The Kier molecular flexibility index (Phi) is 1.06. The Labute approximate surface area is 66.9 Å². The van der Waals surface area contributed by atoms with Crippen LogP contribution in [0.5, 0.6) is 0 Å². The van der Waals surface area contributed by atoms with E-state index in [2.05, 4.69) is 0 Å². The van der Waals surface area contributed by atoms with Gasteiger partial charge in [0.2, 0.25) is 0 Å². The smallest absolute Gasteiger partial charge is 0.120 e. The quantitative estimate of drug-likeness (QED) is 0.493. The van der Waals surface area contributed by atoms with Gasteiger partial charge in [-0.2, -0.15) is 0 Å². The van der Waals surface area contributed by atoms with E-state index in [4.69, 9.17) is 9.47 Å². The summed E-state index contributed by atoms with van der Waals surface area (Å²) >= 11 is 0. The molecule has 3 rings (SSSR count). The Bertz CT molecular complexity index is 172. The lowest BCUT2D eigenvalue weighted by Gasteiger charge is -2.27. The third-order valence-corrected chi connectivity index (χ3v) is 3.59. The summed E-state index contributed by atoms with van der Waals surface area (Å²) in [4.78, 5) is 0. The first-order valence-electron chi connectivity index (χ1n) is 4.65. The molecule has 1 aliphatic carbocycles. The van der Waals surface area contributed by atoms with Crippen LogP contribution in [0.15, 0.2) is 0 Å². The molecular formula is C9H14O2. The maximum Gasteiger partial charge on any atom is 0.120 e. The zero-order valence-corrected chi connectivity index (χ0v) is 6.77. The molecule has 2 spiro atoms. The molecule has 3 aliphatic rings. The first kappa shape index (κ1) is 6.44. The van der Waals surface area contributed by atoms with Gasteiger partial charge in [-0.25, -0.2) is 0 Å². The van der Waals surface area contributed by atoms with Crippen LogP contribution >= 0.6 is 0 Å². The van der Waals surface area contributed by atoms with Gasteiger partial charge in [0.25, 0.3) is 0 Å². The summed E-state index contributed by atoms with van der Waals surface area (Å²) in [6, 6.07) is 0. The minimum atomic E-state index is 0.174. The number of epoxide rings is 1. The molecule has 0 amide bonds. The lowest BCUT2D eigenvalue weighted by Crippen LogP contribution is -2.39. The van der Waals surface area contributed by atoms with E-state index in [1.165, 1.54) is 32.1 Å². The standard InChI is InChI=1S/C9H14O2/c1-3-8(5-2-6-10-8)9(4-1)7-11-9/h1-7H2. The van der Waals surface area contributed by atoms with Gasteiger partial charge in [0.05, 0.1) is 12.2 Å². The highest BCUT2D eigenvalue weighted by Crippen LogP contribution is 2.56. The number of fused-ring (bicyclic) bond motifs is 1. The first-order valence-corrected chi connectivity index (χ1v) is 4.65. The van der Waals surface area contributed by atoms with Crippen LogP contribution in [-0.4, -0.2) is 24.4 Å². The van der Waals surface area contributed by atoms with Crippen molar-refractivity contribution in [3.05, 3.63) is 0 Å². The fraction of sp³-hybridized carbons (Fsp3) is 1.00. The molecule has 11 heavy (non-hydrogen) atoms. The van der Waals surface area contributed by atoms with Crippen molar-refractivity contribution < 1.29 is 9.47 Å². The zero-order chi connectivity index (χ0) is 7.36. The van der Waals surface area contributed by atoms with Crippen LogP contribution in [0.25, 0.3) is 0 Å². The first-order chi connectivity index (χ1) is 5.37. The Morgan fingerprint density at radius 1 is 0.818 bits per heavy atom. The van der Waals surface area contributed by atoms with E-state index in [1.807, 2.05) is 0 Å². The topological polar surface area (TPSA) is 21.8 Å². The predicted octanol–water partition coefficient (Wildman–Crippen LogP) is 1.49. The molecule has 2 heteroatoms. The fourth-order valence-electron chi connectivity index (χ4n) is 2.86. The summed E-state index contributed by atoms with van der Waals surface area (Å²) in [5, 5.41) is 0. The SMILES string of the molecule is C1COC2(C1)CCCC21CO1. The van der Waals surface area contributed by atoms with E-state index in [0.29, 0.717) is 0 Å². The second-order valence-electron chi connectivity index (χ2n) is 4.08. The van der Waals surface area contributed by atoms with Gasteiger partial charge in [0.1, 0.15) is 5.60 Å². The van der Waals surface area contributed by atoms with Gasteiger partial charge < -0.3 is 9.47 Å². The summed E-state index contributed by atoms with van der Waals surface area (Å²) in [5.74, 6) is 0. The molecule has 0 radical (unpaired) electrons. The van der Waals surface area contributed by atoms with Crippen molar-refractivity contribution in [2.75, 3.05) is 13.2 Å². The van der Waals surface area contributed by atoms with E-state index >= 15 is 0 Å². The van der Waals surface area contributed by atoms with Gasteiger partial charge in [-0.3, -0.25) is 0 Å². The summed E-state index contributed by atoms with van der Waals surface area (Å²) in [7, 11) is 0. The van der Waals surface area contributed by atoms with Crippen LogP contribution in [0.4, 0.5) is 0 Å². The highest BCUT2D eigenvalue weighted by Gasteiger charge is 2.65. The molecule has 0 bridgehead atoms. The molecule has 1 saturated carbocycles. The van der Waals surface area contributed by atoms with Crippen LogP contribution in [0.3, 0.4) is 0 Å². The van der Waals surface area contributed by atoms with Crippen LogP contribution in [0.1, 0.15) is 32.1 Å². The second-order valence-corrected chi connectivity index (χ2v) is 4.08. The Hall–Kier alpha value is -0.0800. The van der Waals surface area contributed by atoms with Crippen LogP contribution in [0.2, 0.25) is 0 Å². The average Bonchev–Trinajstić information content (AvgIpc) is 2.55. The molecule has 62 valence electrons. The van der Waals surface area contributed by atoms with Crippen molar-refractivity contribution in [2.24, 2.45) is 0 Å². The molecule has 2 heterocycles. The van der Waals surface area contributed by atoms with Crippen LogP contribution < -0.4 is 0 Å². The molecule has 3 fully saturated rings. The van der Waals surface area contributed by atoms with Gasteiger partial charge in [-0.05, 0) is 32.1 Å². The highest BCUT2D eigenvalue weighted by atomic mass is 16.6. The van der Waals surface area contributed by atoms with E-state index < -0.39 is 0 Å².